The summed E-state index contributed by atoms with van der Waals surface area (Å²) in [4.78, 5) is 0. The van der Waals surface area contributed by atoms with Crippen LogP contribution >= 0.6 is 0 Å². The van der Waals surface area contributed by atoms with Gasteiger partial charge < -0.3 is 11.0 Å². The minimum atomic E-state index is 0. The minimum absolute atomic E-state index is 0. The summed E-state index contributed by atoms with van der Waals surface area (Å²) in [5.74, 6) is 0. The maximum absolute atomic E-state index is 2.26. The van der Waals surface area contributed by atoms with Crippen molar-refractivity contribution >= 4 is 12.7 Å². The van der Waals surface area contributed by atoms with Crippen LogP contribution in [0, 0.1) is 0 Å². The van der Waals surface area contributed by atoms with Crippen molar-refractivity contribution in [2.75, 3.05) is 0 Å². The van der Waals surface area contributed by atoms with E-state index in [0.717, 1.165) is 7.28 Å². The fraction of sp³-hybridized carbons (Fsp3) is 0.400. The van der Waals surface area contributed by atoms with Crippen LogP contribution in [-0.4, -0.2) is 18.2 Å². The van der Waals surface area contributed by atoms with Crippen molar-refractivity contribution in [1.29, 1.82) is 0 Å². The van der Waals surface area contributed by atoms with E-state index in [0.29, 0.717) is 5.31 Å². The van der Waals surface area contributed by atoms with Crippen molar-refractivity contribution in [2.45, 2.75) is 26.1 Å². The Morgan fingerprint density at radius 2 is 1.38 bits per heavy atom. The summed E-state index contributed by atoms with van der Waals surface area (Å²) in [6, 6.07) is 10.6. The molecule has 3 heteroatoms. The molecule has 2 nitrogen and oxygen atoms in total. The second kappa shape index (κ2) is 5.78. The van der Waals surface area contributed by atoms with E-state index in [4.69, 9.17) is 0 Å². The molecule has 13 heavy (non-hydrogen) atoms. The number of rotatable bonds is 1. The highest BCUT2D eigenvalue weighted by molar-refractivity contribution is 6.56. The van der Waals surface area contributed by atoms with Gasteiger partial charge in [0, 0.05) is 0 Å². The Balaban J connectivity index is 0. The molecule has 0 radical (unpaired) electrons. The third-order valence-electron chi connectivity index (χ3n) is 1.58. The van der Waals surface area contributed by atoms with Crippen LogP contribution in [0.4, 0.5) is 0 Å². The zero-order chi connectivity index (χ0) is 8.32. The number of hydrogen-bond donors (Lipinski definition) is 0. The van der Waals surface area contributed by atoms with Crippen molar-refractivity contribution in [3.05, 3.63) is 30.3 Å². The lowest BCUT2D eigenvalue weighted by atomic mass is 9.51. The summed E-state index contributed by atoms with van der Waals surface area (Å²) in [6.07, 6.45) is 0. The van der Waals surface area contributed by atoms with Gasteiger partial charge in [0.2, 0.25) is 0 Å². The molecule has 0 unspecified atom stereocenters. The third kappa shape index (κ3) is 6.37. The third-order valence-corrected chi connectivity index (χ3v) is 1.58. The lowest BCUT2D eigenvalue weighted by molar-refractivity contribution is 0.759. The Bertz CT molecular complexity index is 216. The van der Waals surface area contributed by atoms with Gasteiger partial charge in [0.25, 0.3) is 0 Å². The van der Waals surface area contributed by atoms with Gasteiger partial charge in [-0.3, -0.25) is 0 Å². The molecule has 1 aromatic carbocycles. The molecule has 74 valence electrons. The van der Waals surface area contributed by atoms with E-state index in [-0.39, 0.29) is 11.0 Å². The van der Waals surface area contributed by atoms with E-state index >= 15 is 0 Å². The van der Waals surface area contributed by atoms with Gasteiger partial charge in [0.1, 0.15) is 0 Å². The maximum Gasteiger partial charge on any atom is 0.163 e. The zero-order valence-electron chi connectivity index (χ0n) is 8.59. The maximum atomic E-state index is 2.26. The number of benzene rings is 1. The van der Waals surface area contributed by atoms with Crippen LogP contribution < -0.4 is 5.46 Å². The molecular weight excluding hydrogens is 163 g/mol. The molecule has 0 aliphatic carbocycles. The zero-order valence-corrected chi connectivity index (χ0v) is 8.59. The monoisotopic (exact) mass is 182 g/mol. The van der Waals surface area contributed by atoms with Crippen LogP contribution in [0.25, 0.3) is 0 Å². The van der Waals surface area contributed by atoms with Gasteiger partial charge >= 0.3 is 0 Å². The highest BCUT2D eigenvalue weighted by atomic mass is 16.0. The molecule has 0 aliphatic rings. The second-order valence-corrected chi connectivity index (χ2v) is 4.22. The Morgan fingerprint density at radius 1 is 0.923 bits per heavy atom. The van der Waals surface area contributed by atoms with Crippen molar-refractivity contribution in [1.82, 2.24) is 0 Å². The molecule has 0 bridgehead atoms. The van der Waals surface area contributed by atoms with E-state index in [9.17, 15) is 0 Å². The number of hydrogen-bond acceptors (Lipinski definition) is 0. The lowest BCUT2D eigenvalue weighted by Crippen LogP contribution is -2.22. The molecule has 0 aromatic heterocycles. The van der Waals surface area contributed by atoms with Gasteiger partial charge in [0.05, 0.1) is 0 Å². The van der Waals surface area contributed by atoms with Crippen molar-refractivity contribution in [2.24, 2.45) is 0 Å². The first-order valence-corrected chi connectivity index (χ1v) is 4.12. The molecule has 0 atom stereocenters. The quantitative estimate of drug-likeness (QED) is 0.561. The van der Waals surface area contributed by atoms with Gasteiger partial charge in [-0.2, -0.15) is 0 Å². The average molecular weight is 182 g/mol. The van der Waals surface area contributed by atoms with Crippen molar-refractivity contribution in [3.63, 3.8) is 0 Å². The molecule has 1 aromatic rings. The van der Waals surface area contributed by atoms with Crippen LogP contribution in [0.15, 0.2) is 30.3 Å². The first-order valence-electron chi connectivity index (χ1n) is 4.12. The van der Waals surface area contributed by atoms with E-state index in [1.807, 2.05) is 0 Å². The molecule has 0 saturated heterocycles. The average Bonchev–Trinajstić information content (AvgIpc) is 1.85. The largest absolute Gasteiger partial charge is 0.412 e. The second-order valence-electron chi connectivity index (χ2n) is 4.22. The van der Waals surface area contributed by atoms with Crippen LogP contribution in [0.3, 0.4) is 0 Å². The highest BCUT2D eigenvalue weighted by Crippen LogP contribution is 2.19. The highest BCUT2D eigenvalue weighted by Gasteiger charge is 2.12. The fourth-order valence-electron chi connectivity index (χ4n) is 1.21. The van der Waals surface area contributed by atoms with Crippen molar-refractivity contribution in [3.8, 4) is 0 Å². The lowest BCUT2D eigenvalue weighted by Gasteiger charge is -2.15. The molecule has 4 N–H and O–H groups in total. The molecule has 0 fully saturated rings. The van der Waals surface area contributed by atoms with Gasteiger partial charge in [-0.25, -0.2) is 0 Å². The summed E-state index contributed by atoms with van der Waals surface area (Å²) < 4.78 is 0. The van der Waals surface area contributed by atoms with E-state index in [1.165, 1.54) is 5.46 Å². The molecule has 0 amide bonds. The first-order chi connectivity index (χ1) is 5.08. The predicted molar refractivity (Wildman–Crippen MR) is 60.2 cm³/mol. The topological polar surface area (TPSA) is 63.0 Å². The van der Waals surface area contributed by atoms with Crippen LogP contribution in [0.1, 0.15) is 20.8 Å². The van der Waals surface area contributed by atoms with Gasteiger partial charge in [-0.1, -0.05) is 61.9 Å². The van der Waals surface area contributed by atoms with Crippen LogP contribution in [-0.2, 0) is 0 Å². The summed E-state index contributed by atoms with van der Waals surface area (Å²) in [5.41, 5.74) is 1.43. The molecule has 0 spiro atoms. The van der Waals surface area contributed by atoms with Crippen LogP contribution in [0.2, 0.25) is 5.31 Å². The van der Waals surface area contributed by atoms with Gasteiger partial charge in [-0.15, -0.1) is 0 Å². The Hall–Kier alpha value is -0.795. The molecule has 0 saturated carbocycles. The van der Waals surface area contributed by atoms with E-state index in [1.54, 1.807) is 0 Å². The summed E-state index contributed by atoms with van der Waals surface area (Å²) in [5, 5.41) is 0.404. The predicted octanol–water partition coefficient (Wildman–Crippen LogP) is 0.317. The Morgan fingerprint density at radius 3 is 1.77 bits per heavy atom. The van der Waals surface area contributed by atoms with Crippen LogP contribution in [0.5, 0.6) is 0 Å². The van der Waals surface area contributed by atoms with Crippen molar-refractivity contribution < 1.29 is 11.0 Å². The smallest absolute Gasteiger partial charge is 0.163 e. The standard InChI is InChI=1S/C10H15B.2H2O/c1-10(2,3)11-9-7-5-4-6-8-9;;/h4-8,11H,1-3H3;2*1H2. The van der Waals surface area contributed by atoms with E-state index < -0.39 is 0 Å². The van der Waals surface area contributed by atoms with Gasteiger partial charge in [0.15, 0.2) is 7.28 Å². The molecule has 0 heterocycles. The van der Waals surface area contributed by atoms with E-state index in [2.05, 4.69) is 51.1 Å². The summed E-state index contributed by atoms with van der Waals surface area (Å²) in [7, 11) is 1.16. The Labute approximate surface area is 80.8 Å². The molecular formula is C10H19BO2. The summed E-state index contributed by atoms with van der Waals surface area (Å²) >= 11 is 0. The fourth-order valence-corrected chi connectivity index (χ4v) is 1.21. The molecule has 0 aliphatic heterocycles. The summed E-state index contributed by atoms with van der Waals surface area (Å²) in [6.45, 7) is 6.79. The first kappa shape index (κ1) is 14.7. The minimum Gasteiger partial charge on any atom is -0.412 e. The molecule has 1 rings (SSSR count). The SMILES string of the molecule is CC(C)(C)Bc1ccccc1.O.O. The van der Waals surface area contributed by atoms with Gasteiger partial charge in [-0.05, 0) is 0 Å². The Kier molecular flexibility index (Phi) is 6.55. The normalized spacial score (nSPS) is 9.46.